The van der Waals surface area contributed by atoms with Crippen molar-refractivity contribution in [1.29, 1.82) is 0 Å². The van der Waals surface area contributed by atoms with E-state index in [0.29, 0.717) is 6.54 Å². The van der Waals surface area contributed by atoms with E-state index in [1.165, 1.54) is 6.08 Å². The van der Waals surface area contributed by atoms with Crippen molar-refractivity contribution in [3.05, 3.63) is 84.4 Å². The lowest BCUT2D eigenvalue weighted by molar-refractivity contribution is -0.121. The molecule has 0 fully saturated rings. The van der Waals surface area contributed by atoms with Gasteiger partial charge in [0, 0.05) is 13.1 Å². The van der Waals surface area contributed by atoms with Crippen LogP contribution in [0.25, 0.3) is 0 Å². The van der Waals surface area contributed by atoms with Gasteiger partial charge in [0.25, 0.3) is 0 Å². The van der Waals surface area contributed by atoms with Crippen LogP contribution in [0.4, 0.5) is 4.79 Å². The summed E-state index contributed by atoms with van der Waals surface area (Å²) in [5, 5.41) is 5.43. The fourth-order valence-electron chi connectivity index (χ4n) is 2.42. The molecule has 5 nitrogen and oxygen atoms in total. The molecule has 130 valence electrons. The average molecular weight is 338 g/mol. The first-order valence-electron chi connectivity index (χ1n) is 8.11. The molecule has 5 heteroatoms. The lowest BCUT2D eigenvalue weighted by Gasteiger charge is -2.18. The number of amides is 2. The van der Waals surface area contributed by atoms with Gasteiger partial charge in [0.1, 0.15) is 6.61 Å². The van der Waals surface area contributed by atoms with Crippen molar-refractivity contribution in [3.8, 4) is 0 Å². The summed E-state index contributed by atoms with van der Waals surface area (Å²) in [5.41, 5.74) is 1.84. The second kappa shape index (κ2) is 9.93. The van der Waals surface area contributed by atoms with Gasteiger partial charge in [0.05, 0.1) is 5.92 Å². The third kappa shape index (κ3) is 5.80. The van der Waals surface area contributed by atoms with E-state index < -0.39 is 12.0 Å². The summed E-state index contributed by atoms with van der Waals surface area (Å²) < 4.78 is 4.80. The Labute approximate surface area is 147 Å². The summed E-state index contributed by atoms with van der Waals surface area (Å²) >= 11 is 0. The fourth-order valence-corrected chi connectivity index (χ4v) is 2.42. The minimum absolute atomic E-state index is 0.112. The van der Waals surface area contributed by atoms with Crippen molar-refractivity contribution in [1.82, 2.24) is 10.6 Å². The maximum absolute atomic E-state index is 12.7. The normalized spacial score (nSPS) is 10.1. The zero-order valence-corrected chi connectivity index (χ0v) is 14.0. The highest BCUT2D eigenvalue weighted by Crippen LogP contribution is 2.24. The van der Waals surface area contributed by atoms with Crippen molar-refractivity contribution in [2.75, 3.05) is 19.7 Å². The molecule has 0 aliphatic rings. The van der Waals surface area contributed by atoms with Gasteiger partial charge in [-0.15, -0.1) is 0 Å². The first-order valence-corrected chi connectivity index (χ1v) is 8.11. The van der Waals surface area contributed by atoms with Crippen LogP contribution in [0.1, 0.15) is 17.0 Å². The van der Waals surface area contributed by atoms with Gasteiger partial charge in [0.15, 0.2) is 0 Å². The number of carbonyl (C=O) groups is 2. The first-order chi connectivity index (χ1) is 12.2. The van der Waals surface area contributed by atoms with Gasteiger partial charge >= 0.3 is 6.09 Å². The molecule has 0 aromatic heterocycles. The molecule has 0 heterocycles. The number of hydrogen-bond acceptors (Lipinski definition) is 3. The van der Waals surface area contributed by atoms with Crippen molar-refractivity contribution in [2.45, 2.75) is 5.92 Å². The van der Waals surface area contributed by atoms with E-state index in [2.05, 4.69) is 17.2 Å². The number of benzene rings is 2. The molecule has 0 aliphatic heterocycles. The van der Waals surface area contributed by atoms with Crippen molar-refractivity contribution < 1.29 is 14.3 Å². The number of hydrogen-bond donors (Lipinski definition) is 2. The minimum Gasteiger partial charge on any atom is -0.445 e. The molecular formula is C20H22N2O3. The Morgan fingerprint density at radius 1 is 0.920 bits per heavy atom. The van der Waals surface area contributed by atoms with Crippen LogP contribution in [0.2, 0.25) is 0 Å². The highest BCUT2D eigenvalue weighted by Gasteiger charge is 2.21. The zero-order chi connectivity index (χ0) is 17.9. The minimum atomic E-state index is -0.531. The molecule has 2 aromatic carbocycles. The monoisotopic (exact) mass is 338 g/mol. The molecule has 0 atom stereocenters. The number of ether oxygens (including phenoxy) is 1. The zero-order valence-electron chi connectivity index (χ0n) is 14.0. The Bertz CT molecular complexity index is 647. The second-order valence-corrected chi connectivity index (χ2v) is 5.36. The largest absolute Gasteiger partial charge is 0.445 e. The first kappa shape index (κ1) is 18.3. The fraction of sp³-hybridized carbons (Fsp3) is 0.200. The summed E-state index contributed by atoms with van der Waals surface area (Å²) in [5.74, 6) is -0.506. The second-order valence-electron chi connectivity index (χ2n) is 5.36. The van der Waals surface area contributed by atoms with Crippen LogP contribution in [0.15, 0.2) is 73.3 Å². The molecule has 2 aromatic rings. The van der Waals surface area contributed by atoms with Crippen molar-refractivity contribution >= 4 is 12.0 Å². The molecule has 2 rings (SSSR count). The van der Waals surface area contributed by atoms with Crippen LogP contribution in [0.5, 0.6) is 0 Å². The van der Waals surface area contributed by atoms with Gasteiger partial charge in [-0.3, -0.25) is 4.79 Å². The molecule has 0 unspecified atom stereocenters. The standard InChI is InChI=1S/C20H22N2O3/c1-2-15-25-20(24)22-14-13-21-19(23)18(16-9-5-3-6-10-16)17-11-7-4-8-12-17/h2-12,18H,1,13-15H2,(H,21,23)(H,22,24). The van der Waals surface area contributed by atoms with Gasteiger partial charge in [-0.05, 0) is 11.1 Å². The van der Waals surface area contributed by atoms with Crippen LogP contribution in [-0.2, 0) is 9.53 Å². The summed E-state index contributed by atoms with van der Waals surface area (Å²) in [6, 6.07) is 19.2. The molecule has 0 radical (unpaired) electrons. The van der Waals surface area contributed by atoms with Crippen LogP contribution < -0.4 is 10.6 Å². The molecule has 0 saturated heterocycles. The topological polar surface area (TPSA) is 67.4 Å². The smallest absolute Gasteiger partial charge is 0.407 e. The van der Waals surface area contributed by atoms with E-state index in [1.807, 2.05) is 60.7 Å². The van der Waals surface area contributed by atoms with E-state index >= 15 is 0 Å². The highest BCUT2D eigenvalue weighted by molar-refractivity contribution is 5.87. The maximum Gasteiger partial charge on any atom is 0.407 e. The quantitative estimate of drug-likeness (QED) is 0.574. The van der Waals surface area contributed by atoms with Crippen LogP contribution in [0.3, 0.4) is 0 Å². The molecule has 2 amide bonds. The molecule has 0 saturated carbocycles. The van der Waals surface area contributed by atoms with E-state index in [9.17, 15) is 9.59 Å². The number of rotatable bonds is 8. The van der Waals surface area contributed by atoms with Crippen molar-refractivity contribution in [3.63, 3.8) is 0 Å². The van der Waals surface area contributed by atoms with Gasteiger partial charge in [-0.1, -0.05) is 73.3 Å². The summed E-state index contributed by atoms with van der Waals surface area (Å²) in [6.07, 6.45) is 0.961. The van der Waals surface area contributed by atoms with Gasteiger partial charge in [0.2, 0.25) is 5.91 Å². The van der Waals surface area contributed by atoms with Gasteiger partial charge in [-0.25, -0.2) is 4.79 Å². The van der Waals surface area contributed by atoms with Crippen LogP contribution >= 0.6 is 0 Å². The van der Waals surface area contributed by atoms with E-state index in [0.717, 1.165) is 11.1 Å². The maximum atomic E-state index is 12.7. The van der Waals surface area contributed by atoms with E-state index in [4.69, 9.17) is 4.74 Å². The third-order valence-electron chi connectivity index (χ3n) is 3.55. The average Bonchev–Trinajstić information content (AvgIpc) is 2.65. The Kier molecular flexibility index (Phi) is 7.25. The van der Waals surface area contributed by atoms with E-state index in [1.54, 1.807) is 0 Å². The molecule has 2 N–H and O–H groups in total. The molecule has 0 bridgehead atoms. The molecular weight excluding hydrogens is 316 g/mol. The Morgan fingerprint density at radius 2 is 1.44 bits per heavy atom. The lowest BCUT2D eigenvalue weighted by Crippen LogP contribution is -2.37. The number of carbonyl (C=O) groups excluding carboxylic acids is 2. The van der Waals surface area contributed by atoms with Crippen LogP contribution in [0, 0.1) is 0 Å². The van der Waals surface area contributed by atoms with Crippen LogP contribution in [-0.4, -0.2) is 31.7 Å². The van der Waals surface area contributed by atoms with Gasteiger partial charge in [-0.2, -0.15) is 0 Å². The summed E-state index contributed by atoms with van der Waals surface area (Å²) in [6.45, 7) is 4.23. The molecule has 25 heavy (non-hydrogen) atoms. The predicted octanol–water partition coefficient (Wildman–Crippen LogP) is 2.85. The summed E-state index contributed by atoms with van der Waals surface area (Å²) in [4.78, 5) is 24.0. The predicted molar refractivity (Wildman–Crippen MR) is 97.3 cm³/mol. The third-order valence-corrected chi connectivity index (χ3v) is 3.55. The molecule has 0 spiro atoms. The summed E-state index contributed by atoms with van der Waals surface area (Å²) in [7, 11) is 0. The van der Waals surface area contributed by atoms with E-state index in [-0.39, 0.29) is 19.1 Å². The Hall–Kier alpha value is -3.08. The Balaban J connectivity index is 1.95. The lowest BCUT2D eigenvalue weighted by atomic mass is 9.90. The highest BCUT2D eigenvalue weighted by atomic mass is 16.5. The molecule has 0 aliphatic carbocycles. The SMILES string of the molecule is C=CCOC(=O)NCCNC(=O)C(c1ccccc1)c1ccccc1. The van der Waals surface area contributed by atoms with Crippen molar-refractivity contribution in [2.24, 2.45) is 0 Å². The number of nitrogens with one attached hydrogen (secondary N) is 2. The number of alkyl carbamates (subject to hydrolysis) is 1. The Morgan fingerprint density at radius 3 is 1.96 bits per heavy atom. The van der Waals surface area contributed by atoms with Gasteiger partial charge < -0.3 is 15.4 Å².